The van der Waals surface area contributed by atoms with Gasteiger partial charge in [0.25, 0.3) is 0 Å². The van der Waals surface area contributed by atoms with Gasteiger partial charge >= 0.3 is 0 Å². The summed E-state index contributed by atoms with van der Waals surface area (Å²) >= 11 is 6.01. The van der Waals surface area contributed by atoms with Gasteiger partial charge in [0.05, 0.1) is 0 Å². The van der Waals surface area contributed by atoms with Crippen molar-refractivity contribution in [3.63, 3.8) is 0 Å². The summed E-state index contributed by atoms with van der Waals surface area (Å²) in [7, 11) is 0. The monoisotopic (exact) mass is 507 g/mol. The average Bonchev–Trinajstić information content (AvgIpc) is 3.09. The van der Waals surface area contributed by atoms with Gasteiger partial charge in [-0.3, -0.25) is 0 Å². The first-order chi connectivity index (χ1) is 12.6. The zero-order valence-electron chi connectivity index (χ0n) is 15.9. The minimum atomic E-state index is -0.189. The second-order valence-electron chi connectivity index (χ2n) is 5.65. The first-order valence-electron chi connectivity index (χ1n) is 8.83. The van der Waals surface area contributed by atoms with Crippen LogP contribution in [0.2, 0.25) is 5.02 Å². The predicted molar refractivity (Wildman–Crippen MR) is 118 cm³/mol. The molecule has 0 amide bonds. The van der Waals surface area contributed by atoms with Crippen molar-refractivity contribution in [3.8, 4) is 0 Å². The summed E-state index contributed by atoms with van der Waals surface area (Å²) in [6.07, 6.45) is 0.659. The molecule has 1 atom stereocenters. The van der Waals surface area contributed by atoms with Crippen LogP contribution in [-0.4, -0.2) is 35.8 Å². The number of nitrogens with zero attached hydrogens (tertiary/aromatic N) is 3. The second-order valence-corrected chi connectivity index (χ2v) is 6.08. The van der Waals surface area contributed by atoms with Crippen molar-refractivity contribution in [1.29, 1.82) is 0 Å². The number of hydrogen-bond acceptors (Lipinski definition) is 5. The van der Waals surface area contributed by atoms with Gasteiger partial charge in [-0.1, -0.05) is 28.9 Å². The maximum atomic E-state index is 6.01. The Balaban J connectivity index is 0.00000364. The highest BCUT2D eigenvalue weighted by Gasteiger charge is 2.13. The number of nitrogens with one attached hydrogen (secondary N) is 2. The smallest absolute Gasteiger partial charge is 0.248 e. The van der Waals surface area contributed by atoms with Gasteiger partial charge in [-0.2, -0.15) is 4.98 Å². The Hall–Kier alpha value is -1.39. The summed E-state index contributed by atoms with van der Waals surface area (Å²) in [6, 6.07) is 7.84. The third-order valence-corrected chi connectivity index (χ3v) is 3.81. The number of aromatic nitrogens is 2. The van der Waals surface area contributed by atoms with Crippen molar-refractivity contribution in [3.05, 3.63) is 46.6 Å². The fourth-order valence-corrected chi connectivity index (χ4v) is 2.54. The highest BCUT2D eigenvalue weighted by atomic mass is 127. The van der Waals surface area contributed by atoms with Gasteiger partial charge in [0.2, 0.25) is 5.89 Å². The van der Waals surface area contributed by atoms with Gasteiger partial charge in [0, 0.05) is 24.7 Å². The van der Waals surface area contributed by atoms with Crippen molar-refractivity contribution in [2.45, 2.75) is 39.8 Å². The van der Waals surface area contributed by atoms with Crippen molar-refractivity contribution in [2.75, 3.05) is 19.7 Å². The largest absolute Gasteiger partial charge is 0.371 e. The fourth-order valence-electron chi connectivity index (χ4n) is 2.33. The Labute approximate surface area is 182 Å². The van der Waals surface area contributed by atoms with E-state index in [1.54, 1.807) is 0 Å². The number of hydrogen-bond donors (Lipinski definition) is 2. The number of halogens is 2. The molecule has 9 heteroatoms. The summed E-state index contributed by atoms with van der Waals surface area (Å²) in [6.45, 7) is 8.25. The van der Waals surface area contributed by atoms with Crippen LogP contribution in [0, 0.1) is 0 Å². The molecule has 7 nitrogen and oxygen atoms in total. The maximum Gasteiger partial charge on any atom is 0.248 e. The molecule has 1 aromatic carbocycles. The van der Waals surface area contributed by atoms with Crippen LogP contribution in [0.5, 0.6) is 0 Å². The average molecular weight is 508 g/mol. The lowest BCUT2D eigenvalue weighted by atomic mass is 10.1. The zero-order chi connectivity index (χ0) is 18.8. The van der Waals surface area contributed by atoms with E-state index in [1.807, 2.05) is 39.0 Å². The van der Waals surface area contributed by atoms with E-state index in [4.69, 9.17) is 20.9 Å². The fraction of sp³-hybridized carbons (Fsp3) is 0.500. The summed E-state index contributed by atoms with van der Waals surface area (Å²) in [5, 5.41) is 11.2. The van der Waals surface area contributed by atoms with Crippen molar-refractivity contribution >= 4 is 41.5 Å². The van der Waals surface area contributed by atoms with Crippen LogP contribution in [0.1, 0.15) is 44.2 Å². The maximum absolute atomic E-state index is 6.01. The summed E-state index contributed by atoms with van der Waals surface area (Å²) in [5.41, 5.74) is 1.17. The third kappa shape index (κ3) is 8.44. The molecule has 0 aliphatic rings. The highest BCUT2D eigenvalue weighted by Crippen LogP contribution is 2.13. The minimum absolute atomic E-state index is 0. The molecule has 0 spiro atoms. The van der Waals surface area contributed by atoms with Crippen LogP contribution >= 0.6 is 35.6 Å². The molecule has 2 aromatic rings. The highest BCUT2D eigenvalue weighted by molar-refractivity contribution is 14.0. The topological polar surface area (TPSA) is 84.6 Å². The van der Waals surface area contributed by atoms with Crippen LogP contribution in [-0.2, 0) is 17.7 Å². The van der Waals surface area contributed by atoms with E-state index in [1.165, 1.54) is 5.56 Å². The van der Waals surface area contributed by atoms with Crippen LogP contribution in [0.4, 0.5) is 0 Å². The van der Waals surface area contributed by atoms with E-state index in [0.29, 0.717) is 30.8 Å². The lowest BCUT2D eigenvalue weighted by Gasteiger charge is -2.10. The summed E-state index contributed by atoms with van der Waals surface area (Å²) < 4.78 is 10.7. The molecule has 0 radical (unpaired) electrons. The number of ether oxygens (including phenoxy) is 1. The van der Waals surface area contributed by atoms with Crippen LogP contribution in [0.15, 0.2) is 33.8 Å². The molecule has 2 N–H and O–H groups in total. The van der Waals surface area contributed by atoms with E-state index in [9.17, 15) is 0 Å². The lowest BCUT2D eigenvalue weighted by molar-refractivity contribution is 0.0683. The number of rotatable bonds is 9. The first-order valence-corrected chi connectivity index (χ1v) is 9.20. The Morgan fingerprint density at radius 1 is 1.33 bits per heavy atom. The quantitative estimate of drug-likeness (QED) is 0.306. The Kier molecular flexibility index (Phi) is 11.3. The Bertz CT molecular complexity index is 711. The standard InChI is InChI=1S/C18H26ClN5O2.HI/c1-4-20-18(21-10-9-14-7-6-8-15(19)11-14)22-12-16-23-17(24-26-16)13(3)25-5-2;/h6-8,11,13H,4-5,9-10,12H2,1-3H3,(H2,20,21,22);1H. The summed E-state index contributed by atoms with van der Waals surface area (Å²) in [4.78, 5) is 8.80. The van der Waals surface area contributed by atoms with Gasteiger partial charge in [0.15, 0.2) is 11.8 Å². The SMILES string of the molecule is CCNC(=NCc1nc(C(C)OCC)no1)NCCc1cccc(Cl)c1.I. The number of benzene rings is 1. The second kappa shape index (κ2) is 12.9. The molecule has 150 valence electrons. The normalized spacial score (nSPS) is 12.4. The minimum Gasteiger partial charge on any atom is -0.371 e. The molecular formula is C18H27ClIN5O2. The molecule has 0 fully saturated rings. The Morgan fingerprint density at radius 3 is 2.85 bits per heavy atom. The molecule has 0 saturated carbocycles. The molecule has 0 aliphatic heterocycles. The van der Waals surface area contributed by atoms with Gasteiger partial charge in [-0.15, -0.1) is 24.0 Å². The number of guanidine groups is 1. The van der Waals surface area contributed by atoms with E-state index in [-0.39, 0.29) is 30.1 Å². The first kappa shape index (κ1) is 23.6. The van der Waals surface area contributed by atoms with Crippen LogP contribution in [0.25, 0.3) is 0 Å². The lowest BCUT2D eigenvalue weighted by Crippen LogP contribution is -2.38. The van der Waals surface area contributed by atoms with E-state index >= 15 is 0 Å². The molecule has 1 unspecified atom stereocenters. The molecule has 1 aromatic heterocycles. The molecule has 0 aliphatic carbocycles. The van der Waals surface area contributed by atoms with Crippen molar-refractivity contribution < 1.29 is 9.26 Å². The van der Waals surface area contributed by atoms with Gasteiger partial charge < -0.3 is 19.9 Å². The molecule has 27 heavy (non-hydrogen) atoms. The van der Waals surface area contributed by atoms with Crippen molar-refractivity contribution in [1.82, 2.24) is 20.8 Å². The predicted octanol–water partition coefficient (Wildman–Crippen LogP) is 3.74. The Morgan fingerprint density at radius 2 is 2.15 bits per heavy atom. The van der Waals surface area contributed by atoms with E-state index in [0.717, 1.165) is 24.5 Å². The van der Waals surface area contributed by atoms with Gasteiger partial charge in [-0.05, 0) is 44.9 Å². The molecule has 1 heterocycles. The van der Waals surface area contributed by atoms with Crippen molar-refractivity contribution in [2.24, 2.45) is 4.99 Å². The molecule has 0 bridgehead atoms. The third-order valence-electron chi connectivity index (χ3n) is 3.58. The number of aliphatic imine (C=N–C) groups is 1. The molecule has 2 rings (SSSR count). The zero-order valence-corrected chi connectivity index (χ0v) is 19.0. The summed E-state index contributed by atoms with van der Waals surface area (Å²) in [5.74, 6) is 1.70. The van der Waals surface area contributed by atoms with E-state index in [2.05, 4.69) is 31.8 Å². The molecular weight excluding hydrogens is 481 g/mol. The van der Waals surface area contributed by atoms with E-state index < -0.39 is 0 Å². The van der Waals surface area contributed by atoms with Crippen LogP contribution in [0.3, 0.4) is 0 Å². The molecule has 0 saturated heterocycles. The van der Waals surface area contributed by atoms with Gasteiger partial charge in [-0.25, -0.2) is 4.99 Å². The van der Waals surface area contributed by atoms with Gasteiger partial charge in [0.1, 0.15) is 12.6 Å². The van der Waals surface area contributed by atoms with Crippen LogP contribution < -0.4 is 10.6 Å².